The van der Waals surface area contributed by atoms with Gasteiger partial charge in [0.25, 0.3) is 0 Å². The molecule has 208 valence electrons. The summed E-state index contributed by atoms with van der Waals surface area (Å²) < 4.78 is 11.6. The van der Waals surface area contributed by atoms with Crippen molar-refractivity contribution in [1.29, 1.82) is 0 Å². The van der Waals surface area contributed by atoms with Gasteiger partial charge in [0, 0.05) is 18.9 Å². The second-order valence-electron chi connectivity index (χ2n) is 10.8. The van der Waals surface area contributed by atoms with E-state index in [0.717, 1.165) is 5.56 Å². The highest BCUT2D eigenvalue weighted by Gasteiger charge is 2.36. The third-order valence-electron chi connectivity index (χ3n) is 6.38. The highest BCUT2D eigenvalue weighted by atomic mass is 16.6. The van der Waals surface area contributed by atoms with Crippen LogP contribution in [0.4, 0.5) is 0 Å². The lowest BCUT2D eigenvalue weighted by atomic mass is 9.93. The zero-order valence-corrected chi connectivity index (χ0v) is 23.4. The van der Waals surface area contributed by atoms with Gasteiger partial charge in [-0.3, -0.25) is 14.4 Å². The first-order chi connectivity index (χ1) is 17.9. The third-order valence-corrected chi connectivity index (χ3v) is 6.38. The van der Waals surface area contributed by atoms with E-state index >= 15 is 0 Å². The molecule has 0 bridgehead atoms. The zero-order valence-electron chi connectivity index (χ0n) is 23.4. The van der Waals surface area contributed by atoms with E-state index in [4.69, 9.17) is 9.47 Å². The van der Waals surface area contributed by atoms with Gasteiger partial charge in [0.05, 0.1) is 5.41 Å². The Morgan fingerprint density at radius 1 is 1.05 bits per heavy atom. The molecule has 1 aromatic carbocycles. The fraction of sp³-hybridized carbons (Fsp3) is 0.533. The molecule has 0 saturated heterocycles. The van der Waals surface area contributed by atoms with Crippen LogP contribution >= 0.6 is 0 Å². The van der Waals surface area contributed by atoms with Gasteiger partial charge < -0.3 is 20.1 Å². The highest BCUT2D eigenvalue weighted by Crippen LogP contribution is 2.23. The summed E-state index contributed by atoms with van der Waals surface area (Å²) in [4.78, 5) is 51.6. The summed E-state index contributed by atoms with van der Waals surface area (Å²) in [6.07, 6.45) is 6.12. The summed E-state index contributed by atoms with van der Waals surface area (Å²) in [6, 6.07) is 9.01. The Morgan fingerprint density at radius 2 is 1.74 bits per heavy atom. The van der Waals surface area contributed by atoms with Crippen molar-refractivity contribution in [1.82, 2.24) is 10.6 Å². The minimum atomic E-state index is -1.10. The molecular formula is C30H42N2O6. The lowest BCUT2D eigenvalue weighted by Crippen LogP contribution is -2.50. The molecule has 8 heteroatoms. The standard InChI is InChI=1S/C30H42N2O6/c1-7-23-27(34)31-19-30(5,6)29(36)38-25(18-20(2)3)28(35)37-24(14-11-15-26(33)32-23)21(4)16-17-22-12-9-8-10-13-22/h8-13,15-17,20-21,23-25H,7,14,18-19H2,1-6H3,(H,31,34)(H,32,33)/b15-11+,17-16+/t21-,23-,24+,25+/m1/s1. The van der Waals surface area contributed by atoms with Gasteiger partial charge in [-0.15, -0.1) is 0 Å². The van der Waals surface area contributed by atoms with Crippen LogP contribution in [0, 0.1) is 17.3 Å². The van der Waals surface area contributed by atoms with E-state index in [-0.39, 0.29) is 24.8 Å². The number of esters is 2. The van der Waals surface area contributed by atoms with E-state index < -0.39 is 47.4 Å². The van der Waals surface area contributed by atoms with E-state index in [1.54, 1.807) is 26.8 Å². The summed E-state index contributed by atoms with van der Waals surface area (Å²) in [5.74, 6) is -2.19. The van der Waals surface area contributed by atoms with Gasteiger partial charge in [0.1, 0.15) is 12.1 Å². The van der Waals surface area contributed by atoms with E-state index in [1.807, 2.05) is 63.3 Å². The number of carbonyl (C=O) groups is 4. The smallest absolute Gasteiger partial charge is 0.347 e. The van der Waals surface area contributed by atoms with Gasteiger partial charge in [-0.2, -0.15) is 0 Å². The number of amides is 2. The number of benzene rings is 1. The lowest BCUT2D eigenvalue weighted by molar-refractivity contribution is -0.178. The van der Waals surface area contributed by atoms with Crippen LogP contribution < -0.4 is 10.6 Å². The number of ether oxygens (including phenoxy) is 2. The first-order valence-corrected chi connectivity index (χ1v) is 13.3. The van der Waals surface area contributed by atoms with E-state index in [2.05, 4.69) is 10.6 Å². The number of cyclic esters (lactones) is 2. The van der Waals surface area contributed by atoms with Crippen molar-refractivity contribution in [2.75, 3.05) is 6.54 Å². The maximum absolute atomic E-state index is 13.3. The van der Waals surface area contributed by atoms with Crippen molar-refractivity contribution in [2.24, 2.45) is 17.3 Å². The van der Waals surface area contributed by atoms with Crippen LogP contribution in [0.3, 0.4) is 0 Å². The Balaban J connectivity index is 2.38. The SMILES string of the molecule is CC[C@H]1NC(=O)/C=C/C[C@@H]([C@H](C)/C=C/c2ccccc2)OC(=O)[C@H](CC(C)C)OC(=O)C(C)(C)CNC1=O. The largest absolute Gasteiger partial charge is 0.459 e. The summed E-state index contributed by atoms with van der Waals surface area (Å²) in [6.45, 7) is 10.8. The zero-order chi connectivity index (χ0) is 28.3. The van der Waals surface area contributed by atoms with Crippen LogP contribution in [0.5, 0.6) is 0 Å². The summed E-state index contributed by atoms with van der Waals surface area (Å²) in [5, 5.41) is 5.41. The molecule has 1 aromatic rings. The van der Waals surface area contributed by atoms with E-state index in [9.17, 15) is 19.2 Å². The van der Waals surface area contributed by atoms with E-state index in [1.165, 1.54) is 6.08 Å². The van der Waals surface area contributed by atoms with Crippen molar-refractivity contribution >= 4 is 29.8 Å². The molecule has 0 aliphatic carbocycles. The third kappa shape index (κ3) is 9.80. The number of nitrogens with one attached hydrogen (secondary N) is 2. The normalized spacial score (nSPS) is 25.3. The lowest BCUT2D eigenvalue weighted by Gasteiger charge is -2.29. The number of hydrogen-bond donors (Lipinski definition) is 2. The molecule has 8 nitrogen and oxygen atoms in total. The predicted octanol–water partition coefficient (Wildman–Crippen LogP) is 4.20. The quantitative estimate of drug-likeness (QED) is 0.538. The highest BCUT2D eigenvalue weighted by molar-refractivity contribution is 5.93. The Bertz CT molecular complexity index is 1010. The monoisotopic (exact) mass is 526 g/mol. The second kappa shape index (κ2) is 14.5. The fourth-order valence-electron chi connectivity index (χ4n) is 3.84. The Kier molecular flexibility index (Phi) is 11.8. The maximum Gasteiger partial charge on any atom is 0.347 e. The molecule has 2 N–H and O–H groups in total. The van der Waals surface area contributed by atoms with Crippen LogP contribution in [0.25, 0.3) is 6.08 Å². The van der Waals surface area contributed by atoms with Crippen molar-refractivity contribution < 1.29 is 28.7 Å². The molecule has 0 unspecified atom stereocenters. The van der Waals surface area contributed by atoms with E-state index in [0.29, 0.717) is 12.8 Å². The molecule has 2 amide bonds. The predicted molar refractivity (Wildman–Crippen MR) is 147 cm³/mol. The molecule has 0 saturated carbocycles. The molecule has 4 atom stereocenters. The van der Waals surface area contributed by atoms with Gasteiger partial charge in [0.15, 0.2) is 6.10 Å². The molecule has 38 heavy (non-hydrogen) atoms. The average molecular weight is 527 g/mol. The van der Waals surface area contributed by atoms with Crippen molar-refractivity contribution in [2.45, 2.75) is 79.1 Å². The average Bonchev–Trinajstić information content (AvgIpc) is 2.87. The molecule has 1 aliphatic rings. The Hall–Kier alpha value is -3.42. The van der Waals surface area contributed by atoms with Crippen molar-refractivity contribution in [3.8, 4) is 0 Å². The molecule has 0 aromatic heterocycles. The van der Waals surface area contributed by atoms with Crippen molar-refractivity contribution in [3.05, 3.63) is 54.1 Å². The van der Waals surface area contributed by atoms with Gasteiger partial charge in [-0.1, -0.05) is 76.3 Å². The van der Waals surface area contributed by atoms with Gasteiger partial charge >= 0.3 is 11.9 Å². The maximum atomic E-state index is 13.3. The summed E-state index contributed by atoms with van der Waals surface area (Å²) in [5.41, 5.74) is -0.0956. The van der Waals surface area contributed by atoms with Crippen LogP contribution in [0.15, 0.2) is 48.6 Å². The molecule has 0 spiro atoms. The summed E-state index contributed by atoms with van der Waals surface area (Å²) >= 11 is 0. The first kappa shape index (κ1) is 30.8. The minimum Gasteiger partial charge on any atom is -0.459 e. The van der Waals surface area contributed by atoms with Crippen LogP contribution in [-0.2, 0) is 28.7 Å². The summed E-state index contributed by atoms with van der Waals surface area (Å²) in [7, 11) is 0. The molecule has 1 aliphatic heterocycles. The molecule has 2 rings (SSSR count). The number of carbonyl (C=O) groups excluding carboxylic acids is 4. The topological polar surface area (TPSA) is 111 Å². The van der Waals surface area contributed by atoms with Crippen LogP contribution in [-0.4, -0.2) is 48.5 Å². The van der Waals surface area contributed by atoms with Crippen molar-refractivity contribution in [3.63, 3.8) is 0 Å². The molecular weight excluding hydrogens is 484 g/mol. The Labute approximate surface area is 226 Å². The number of rotatable bonds is 6. The first-order valence-electron chi connectivity index (χ1n) is 13.3. The van der Waals surface area contributed by atoms with Crippen LogP contribution in [0.2, 0.25) is 0 Å². The Morgan fingerprint density at radius 3 is 2.37 bits per heavy atom. The number of hydrogen-bond acceptors (Lipinski definition) is 6. The van der Waals surface area contributed by atoms with Gasteiger partial charge in [-0.25, -0.2) is 4.79 Å². The van der Waals surface area contributed by atoms with Gasteiger partial charge in [-0.05, 0) is 44.2 Å². The van der Waals surface area contributed by atoms with Crippen LogP contribution in [0.1, 0.15) is 66.4 Å². The fourth-order valence-corrected chi connectivity index (χ4v) is 3.84. The van der Waals surface area contributed by atoms with Gasteiger partial charge in [0.2, 0.25) is 11.8 Å². The second-order valence-corrected chi connectivity index (χ2v) is 10.8. The molecule has 0 radical (unpaired) electrons. The molecule has 0 fully saturated rings. The molecule has 1 heterocycles. The minimum absolute atomic E-state index is 0.0136.